The molecule has 0 bridgehead atoms. The van der Waals surface area contributed by atoms with Crippen LogP contribution in [0.25, 0.3) is 0 Å². The highest BCUT2D eigenvalue weighted by Gasteiger charge is 2.32. The van der Waals surface area contributed by atoms with Crippen molar-refractivity contribution in [1.29, 1.82) is 0 Å². The van der Waals surface area contributed by atoms with Gasteiger partial charge in [0.15, 0.2) is 0 Å². The predicted octanol–water partition coefficient (Wildman–Crippen LogP) is 4.36. The van der Waals surface area contributed by atoms with Gasteiger partial charge in [-0.25, -0.2) is 0 Å². The summed E-state index contributed by atoms with van der Waals surface area (Å²) in [5.41, 5.74) is 0.378. The quantitative estimate of drug-likeness (QED) is 0.765. The molecule has 1 fully saturated rings. The smallest absolute Gasteiger partial charge is 0.223 e. The Morgan fingerprint density at radius 3 is 2.16 bits per heavy atom. The molecule has 3 heteroatoms. The van der Waals surface area contributed by atoms with E-state index in [1.807, 2.05) is 13.8 Å². The van der Waals surface area contributed by atoms with Gasteiger partial charge in [0.2, 0.25) is 5.91 Å². The molecule has 2 unspecified atom stereocenters. The first-order valence-electron chi connectivity index (χ1n) is 7.64. The number of hydrogen-bond acceptors (Lipinski definition) is 1. The fourth-order valence-corrected chi connectivity index (χ4v) is 3.40. The minimum Gasteiger partial charge on any atom is -0.353 e. The lowest BCUT2D eigenvalue weighted by atomic mass is 9.69. The fourth-order valence-electron chi connectivity index (χ4n) is 3.13. The lowest BCUT2D eigenvalue weighted by Gasteiger charge is -2.36. The van der Waals surface area contributed by atoms with Crippen LogP contribution in [-0.2, 0) is 4.79 Å². The predicted molar refractivity (Wildman–Crippen MR) is 82.4 cm³/mol. The molecule has 0 aliphatic heterocycles. The summed E-state index contributed by atoms with van der Waals surface area (Å²) in [6, 6.07) is 0.181. The molecule has 1 N–H and O–H groups in total. The van der Waals surface area contributed by atoms with Gasteiger partial charge in [0.1, 0.15) is 0 Å². The van der Waals surface area contributed by atoms with Crippen molar-refractivity contribution in [2.75, 3.05) is 0 Å². The summed E-state index contributed by atoms with van der Waals surface area (Å²) in [4.78, 5) is 12.2. The minimum atomic E-state index is 0.118. The number of hydrogen-bond donors (Lipinski definition) is 1. The largest absolute Gasteiger partial charge is 0.353 e. The van der Waals surface area contributed by atoms with E-state index in [0.29, 0.717) is 5.41 Å². The van der Waals surface area contributed by atoms with E-state index in [2.05, 4.69) is 26.1 Å². The average Bonchev–Trinajstić information content (AvgIpc) is 2.26. The maximum absolute atomic E-state index is 12.2. The zero-order chi connectivity index (χ0) is 14.6. The van der Waals surface area contributed by atoms with Gasteiger partial charge >= 0.3 is 0 Å². The molecule has 1 aliphatic carbocycles. The summed E-state index contributed by atoms with van der Waals surface area (Å²) in [6.45, 7) is 10.9. The summed E-state index contributed by atoms with van der Waals surface area (Å²) in [7, 11) is 0. The summed E-state index contributed by atoms with van der Waals surface area (Å²) < 4.78 is 0. The zero-order valence-electron chi connectivity index (χ0n) is 13.1. The van der Waals surface area contributed by atoms with E-state index >= 15 is 0 Å². The molecular formula is C16H30ClNO. The van der Waals surface area contributed by atoms with Gasteiger partial charge in [-0.05, 0) is 57.3 Å². The van der Waals surface area contributed by atoms with E-state index in [1.165, 1.54) is 12.8 Å². The van der Waals surface area contributed by atoms with Crippen molar-refractivity contribution < 1.29 is 4.79 Å². The molecule has 0 aromatic rings. The number of carbonyl (C=O) groups excluding carboxylic acids is 1. The van der Waals surface area contributed by atoms with Crippen LogP contribution in [0.2, 0.25) is 0 Å². The van der Waals surface area contributed by atoms with Crippen molar-refractivity contribution in [3.8, 4) is 0 Å². The van der Waals surface area contributed by atoms with Crippen LogP contribution in [0, 0.1) is 17.3 Å². The zero-order valence-corrected chi connectivity index (χ0v) is 13.9. The molecule has 1 amide bonds. The Labute approximate surface area is 123 Å². The molecule has 1 aliphatic rings. The van der Waals surface area contributed by atoms with Crippen LogP contribution in [0.15, 0.2) is 0 Å². The molecule has 112 valence electrons. The van der Waals surface area contributed by atoms with Crippen LogP contribution in [0.3, 0.4) is 0 Å². The van der Waals surface area contributed by atoms with Gasteiger partial charge in [-0.3, -0.25) is 4.79 Å². The molecule has 19 heavy (non-hydrogen) atoms. The van der Waals surface area contributed by atoms with E-state index in [0.717, 1.165) is 25.2 Å². The average molecular weight is 288 g/mol. The van der Waals surface area contributed by atoms with Crippen LogP contribution in [0.1, 0.15) is 66.7 Å². The number of halogens is 1. The van der Waals surface area contributed by atoms with Gasteiger partial charge in [0, 0.05) is 17.3 Å². The van der Waals surface area contributed by atoms with E-state index in [-0.39, 0.29) is 23.2 Å². The van der Waals surface area contributed by atoms with Crippen LogP contribution in [-0.4, -0.2) is 17.3 Å². The fraction of sp³-hybridized carbons (Fsp3) is 0.938. The van der Waals surface area contributed by atoms with Gasteiger partial charge in [0.05, 0.1) is 0 Å². The van der Waals surface area contributed by atoms with Gasteiger partial charge in [-0.2, -0.15) is 0 Å². The second kappa shape index (κ2) is 6.97. The van der Waals surface area contributed by atoms with Crippen molar-refractivity contribution in [3.63, 3.8) is 0 Å². The summed E-state index contributed by atoms with van der Waals surface area (Å²) in [5.74, 6) is 1.21. The summed E-state index contributed by atoms with van der Waals surface area (Å²) in [6.07, 6.45) is 5.28. The molecule has 2 nitrogen and oxygen atoms in total. The van der Waals surface area contributed by atoms with Crippen molar-refractivity contribution in [2.24, 2.45) is 17.3 Å². The number of amides is 1. The molecule has 0 aromatic heterocycles. The molecule has 0 saturated heterocycles. The first-order chi connectivity index (χ1) is 8.70. The Morgan fingerprint density at radius 1 is 1.21 bits per heavy atom. The van der Waals surface area contributed by atoms with Crippen molar-refractivity contribution in [1.82, 2.24) is 5.32 Å². The van der Waals surface area contributed by atoms with Gasteiger partial charge in [-0.15, -0.1) is 11.6 Å². The molecule has 0 heterocycles. The van der Waals surface area contributed by atoms with E-state index in [1.54, 1.807) is 0 Å². The lowest BCUT2D eigenvalue weighted by Crippen LogP contribution is -2.40. The third-order valence-electron chi connectivity index (χ3n) is 4.39. The Balaban J connectivity index is 2.37. The second-order valence-electron chi connectivity index (χ2n) is 7.34. The molecule has 0 spiro atoms. The number of nitrogens with one attached hydrogen (secondary N) is 1. The van der Waals surface area contributed by atoms with Crippen LogP contribution >= 0.6 is 11.6 Å². The topological polar surface area (TPSA) is 29.1 Å². The summed E-state index contributed by atoms with van der Waals surface area (Å²) in [5, 5.41) is 3.23. The molecule has 0 aromatic carbocycles. The maximum atomic E-state index is 12.2. The molecule has 2 atom stereocenters. The minimum absolute atomic E-state index is 0.118. The van der Waals surface area contributed by atoms with E-state index in [4.69, 9.17) is 11.6 Å². The Kier molecular flexibility index (Phi) is 6.16. The first kappa shape index (κ1) is 16.8. The third-order valence-corrected chi connectivity index (χ3v) is 4.57. The standard InChI is InChI=1S/C16H30ClNO/c1-11(17)10-12(2)18-15(19)13-6-8-14(9-7-13)16(3,4)5/h11-14H,6-10H2,1-5H3,(H,18,19). The molecule has 1 rings (SSSR count). The van der Waals surface area contributed by atoms with Gasteiger partial charge < -0.3 is 5.32 Å². The highest BCUT2D eigenvalue weighted by Crippen LogP contribution is 2.39. The van der Waals surface area contributed by atoms with Crippen molar-refractivity contribution in [2.45, 2.75) is 78.1 Å². The van der Waals surface area contributed by atoms with Gasteiger partial charge in [0.25, 0.3) is 0 Å². The van der Waals surface area contributed by atoms with E-state index < -0.39 is 0 Å². The van der Waals surface area contributed by atoms with Crippen LogP contribution in [0.5, 0.6) is 0 Å². The molecular weight excluding hydrogens is 258 g/mol. The highest BCUT2D eigenvalue weighted by atomic mass is 35.5. The monoisotopic (exact) mass is 287 g/mol. The number of rotatable bonds is 4. The van der Waals surface area contributed by atoms with Crippen molar-refractivity contribution in [3.05, 3.63) is 0 Å². The SMILES string of the molecule is CC(Cl)CC(C)NC(=O)C1CCC(C(C)(C)C)CC1. The van der Waals surface area contributed by atoms with Crippen molar-refractivity contribution >= 4 is 17.5 Å². The normalized spacial score (nSPS) is 27.7. The Morgan fingerprint density at radius 2 is 1.74 bits per heavy atom. The summed E-state index contributed by atoms with van der Waals surface area (Å²) >= 11 is 5.96. The molecule has 0 radical (unpaired) electrons. The van der Waals surface area contributed by atoms with Gasteiger partial charge in [-0.1, -0.05) is 20.8 Å². The lowest BCUT2D eigenvalue weighted by molar-refractivity contribution is -0.127. The number of carbonyl (C=O) groups is 1. The van der Waals surface area contributed by atoms with E-state index in [9.17, 15) is 4.79 Å². The molecule has 1 saturated carbocycles. The second-order valence-corrected chi connectivity index (χ2v) is 8.09. The number of alkyl halides is 1. The third kappa shape index (κ3) is 5.72. The van der Waals surface area contributed by atoms with Crippen LogP contribution in [0.4, 0.5) is 0 Å². The maximum Gasteiger partial charge on any atom is 0.223 e. The Hall–Kier alpha value is -0.240. The Bertz CT molecular complexity index is 288. The highest BCUT2D eigenvalue weighted by molar-refractivity contribution is 6.20. The first-order valence-corrected chi connectivity index (χ1v) is 8.08. The van der Waals surface area contributed by atoms with Crippen LogP contribution < -0.4 is 5.32 Å².